The lowest BCUT2D eigenvalue weighted by Crippen LogP contribution is -2.26. The summed E-state index contributed by atoms with van der Waals surface area (Å²) in [6, 6.07) is 6.22. The third kappa shape index (κ3) is 3.95. The van der Waals surface area contributed by atoms with Crippen molar-refractivity contribution < 1.29 is 9.53 Å². The number of benzene rings is 1. The Labute approximate surface area is 162 Å². The fraction of sp³-hybridized carbons (Fsp3) is 0.381. The molecule has 0 aliphatic heterocycles. The minimum Gasteiger partial charge on any atom is -0.464 e. The van der Waals surface area contributed by atoms with E-state index in [1.165, 1.54) is 22.2 Å². The molecule has 0 spiro atoms. The minimum absolute atomic E-state index is 0.129. The van der Waals surface area contributed by atoms with Crippen molar-refractivity contribution in [3.8, 4) is 11.1 Å². The summed E-state index contributed by atoms with van der Waals surface area (Å²) in [5.74, 6) is -0.172. The molecule has 142 valence electrons. The second kappa shape index (κ2) is 7.64. The Balaban J connectivity index is 2.09. The Bertz CT molecular complexity index is 1060. The van der Waals surface area contributed by atoms with Crippen LogP contribution in [0.15, 0.2) is 29.3 Å². The van der Waals surface area contributed by atoms with Gasteiger partial charge in [-0.3, -0.25) is 14.2 Å². The lowest BCUT2D eigenvalue weighted by Gasteiger charge is -2.10. The van der Waals surface area contributed by atoms with E-state index < -0.39 is 5.97 Å². The summed E-state index contributed by atoms with van der Waals surface area (Å²) in [5.41, 5.74) is 3.99. The van der Waals surface area contributed by atoms with E-state index in [1.807, 2.05) is 34.6 Å². The SMILES string of the molecule is Cc1ccc(C)c(-c2c(C)sc3ncn(CC(=O)OCC(C)C)c(=O)c23)c1. The first-order valence-electron chi connectivity index (χ1n) is 8.99. The molecule has 0 saturated heterocycles. The molecule has 0 aliphatic carbocycles. The normalized spacial score (nSPS) is 11.3. The molecule has 0 aliphatic rings. The van der Waals surface area contributed by atoms with Gasteiger partial charge in [0.2, 0.25) is 0 Å². The van der Waals surface area contributed by atoms with E-state index in [4.69, 9.17) is 4.74 Å². The van der Waals surface area contributed by atoms with Crippen LogP contribution in [0, 0.1) is 26.7 Å². The number of carbonyl (C=O) groups excluding carboxylic acids is 1. The molecule has 2 heterocycles. The monoisotopic (exact) mass is 384 g/mol. The van der Waals surface area contributed by atoms with Crippen LogP contribution in [0.5, 0.6) is 0 Å². The summed E-state index contributed by atoms with van der Waals surface area (Å²) < 4.78 is 6.54. The van der Waals surface area contributed by atoms with Gasteiger partial charge in [0.25, 0.3) is 5.56 Å². The van der Waals surface area contributed by atoms with Crippen molar-refractivity contribution in [1.29, 1.82) is 0 Å². The van der Waals surface area contributed by atoms with Crippen LogP contribution in [-0.4, -0.2) is 22.1 Å². The van der Waals surface area contributed by atoms with Crippen LogP contribution in [-0.2, 0) is 16.1 Å². The molecule has 6 heteroatoms. The number of fused-ring (bicyclic) bond motifs is 1. The van der Waals surface area contributed by atoms with E-state index in [9.17, 15) is 9.59 Å². The summed E-state index contributed by atoms with van der Waals surface area (Å²) >= 11 is 1.50. The first-order valence-corrected chi connectivity index (χ1v) is 9.81. The van der Waals surface area contributed by atoms with E-state index in [-0.39, 0.29) is 18.0 Å². The summed E-state index contributed by atoms with van der Waals surface area (Å²) in [4.78, 5) is 31.3. The highest BCUT2D eigenvalue weighted by Gasteiger charge is 2.19. The lowest BCUT2D eigenvalue weighted by atomic mass is 9.97. The molecular weight excluding hydrogens is 360 g/mol. The van der Waals surface area contributed by atoms with Crippen molar-refractivity contribution in [1.82, 2.24) is 9.55 Å². The number of aryl methyl sites for hydroxylation is 3. The fourth-order valence-electron chi connectivity index (χ4n) is 3.02. The molecular formula is C21H24N2O3S. The highest BCUT2D eigenvalue weighted by molar-refractivity contribution is 7.19. The molecule has 0 fully saturated rings. The van der Waals surface area contributed by atoms with Crippen molar-refractivity contribution >= 4 is 27.5 Å². The quantitative estimate of drug-likeness (QED) is 0.617. The number of carbonyl (C=O) groups is 1. The molecule has 0 radical (unpaired) electrons. The van der Waals surface area contributed by atoms with Crippen LogP contribution in [0.25, 0.3) is 21.3 Å². The van der Waals surface area contributed by atoms with Crippen molar-refractivity contribution in [2.45, 2.75) is 41.2 Å². The largest absolute Gasteiger partial charge is 0.464 e. The zero-order valence-electron chi connectivity index (χ0n) is 16.3. The van der Waals surface area contributed by atoms with Crippen LogP contribution in [0.4, 0.5) is 0 Å². The molecule has 0 unspecified atom stereocenters. The number of ether oxygens (including phenoxy) is 1. The van der Waals surface area contributed by atoms with Crippen molar-refractivity contribution in [3.63, 3.8) is 0 Å². The fourth-order valence-corrected chi connectivity index (χ4v) is 4.02. The van der Waals surface area contributed by atoms with Gasteiger partial charge in [0, 0.05) is 10.4 Å². The maximum atomic E-state index is 13.1. The molecule has 1 aromatic carbocycles. The number of esters is 1. The van der Waals surface area contributed by atoms with Crippen molar-refractivity contribution in [2.75, 3.05) is 6.61 Å². The standard InChI is InChI=1S/C21H24N2O3S/c1-12(2)10-26-17(24)9-23-11-22-20-19(21(23)25)18(15(5)27-20)16-8-13(3)6-7-14(16)4/h6-8,11-12H,9-10H2,1-5H3. The molecule has 5 nitrogen and oxygen atoms in total. The van der Waals surface area contributed by atoms with Crippen LogP contribution in [0.1, 0.15) is 29.9 Å². The Morgan fingerprint density at radius 3 is 2.70 bits per heavy atom. The average molecular weight is 385 g/mol. The van der Waals surface area contributed by atoms with Gasteiger partial charge in [-0.15, -0.1) is 11.3 Å². The molecule has 0 amide bonds. The van der Waals surface area contributed by atoms with E-state index >= 15 is 0 Å². The molecule has 2 aromatic heterocycles. The second-order valence-corrected chi connectivity index (χ2v) is 8.49. The molecule has 27 heavy (non-hydrogen) atoms. The van der Waals surface area contributed by atoms with Gasteiger partial charge in [-0.25, -0.2) is 4.98 Å². The summed E-state index contributed by atoms with van der Waals surface area (Å²) in [6.07, 6.45) is 1.43. The zero-order chi connectivity index (χ0) is 19.7. The van der Waals surface area contributed by atoms with Crippen molar-refractivity contribution in [2.24, 2.45) is 5.92 Å². The van der Waals surface area contributed by atoms with Gasteiger partial charge in [0.1, 0.15) is 11.4 Å². The molecule has 0 N–H and O–H groups in total. The van der Waals surface area contributed by atoms with Crippen LogP contribution < -0.4 is 5.56 Å². The Hall–Kier alpha value is -2.47. The number of hydrogen-bond donors (Lipinski definition) is 0. The Morgan fingerprint density at radius 2 is 2.00 bits per heavy atom. The van der Waals surface area contributed by atoms with Gasteiger partial charge in [0.15, 0.2) is 0 Å². The summed E-state index contributed by atoms with van der Waals surface area (Å²) in [7, 11) is 0. The van der Waals surface area contributed by atoms with E-state index in [2.05, 4.69) is 23.2 Å². The predicted molar refractivity (Wildman–Crippen MR) is 109 cm³/mol. The topological polar surface area (TPSA) is 61.2 Å². The highest BCUT2D eigenvalue weighted by atomic mass is 32.1. The van der Waals surface area contributed by atoms with Gasteiger partial charge in [0.05, 0.1) is 18.3 Å². The number of thiophene rings is 1. The summed E-state index contributed by atoms with van der Waals surface area (Å²) in [5, 5.41) is 0.574. The molecule has 3 aromatic rings. The molecule has 0 saturated carbocycles. The first-order chi connectivity index (χ1) is 12.8. The number of hydrogen-bond acceptors (Lipinski definition) is 5. The number of rotatable bonds is 5. The second-order valence-electron chi connectivity index (χ2n) is 7.29. The highest BCUT2D eigenvalue weighted by Crippen LogP contribution is 2.37. The van der Waals surface area contributed by atoms with E-state index in [1.54, 1.807) is 0 Å². The third-order valence-corrected chi connectivity index (χ3v) is 5.41. The van der Waals surface area contributed by atoms with Gasteiger partial charge in [-0.1, -0.05) is 37.6 Å². The smallest absolute Gasteiger partial charge is 0.326 e. The van der Waals surface area contributed by atoms with Gasteiger partial charge < -0.3 is 4.74 Å². The Kier molecular flexibility index (Phi) is 5.46. The zero-order valence-corrected chi connectivity index (χ0v) is 17.1. The molecule has 0 bridgehead atoms. The average Bonchev–Trinajstić information content (AvgIpc) is 2.94. The first kappa shape index (κ1) is 19.3. The lowest BCUT2D eigenvalue weighted by molar-refractivity contribution is -0.145. The van der Waals surface area contributed by atoms with Crippen molar-refractivity contribution in [3.05, 3.63) is 50.9 Å². The van der Waals surface area contributed by atoms with Gasteiger partial charge >= 0.3 is 5.97 Å². The third-order valence-electron chi connectivity index (χ3n) is 4.39. The van der Waals surface area contributed by atoms with Gasteiger partial charge in [-0.05, 0) is 37.8 Å². The number of aromatic nitrogens is 2. The van der Waals surface area contributed by atoms with E-state index in [0.717, 1.165) is 27.1 Å². The van der Waals surface area contributed by atoms with Crippen LogP contribution in [0.2, 0.25) is 0 Å². The molecule has 3 rings (SSSR count). The molecule has 0 atom stereocenters. The van der Waals surface area contributed by atoms with Crippen LogP contribution in [0.3, 0.4) is 0 Å². The van der Waals surface area contributed by atoms with Crippen LogP contribution >= 0.6 is 11.3 Å². The minimum atomic E-state index is -0.424. The maximum absolute atomic E-state index is 13.1. The van der Waals surface area contributed by atoms with E-state index in [0.29, 0.717) is 16.8 Å². The number of nitrogens with zero attached hydrogens (tertiary/aromatic N) is 2. The maximum Gasteiger partial charge on any atom is 0.326 e. The summed E-state index contributed by atoms with van der Waals surface area (Å²) in [6.45, 7) is 10.2. The Morgan fingerprint density at radius 1 is 1.26 bits per heavy atom. The predicted octanol–water partition coefficient (Wildman–Crippen LogP) is 4.25. The van der Waals surface area contributed by atoms with Gasteiger partial charge in [-0.2, -0.15) is 0 Å².